The summed E-state index contributed by atoms with van der Waals surface area (Å²) in [4.78, 5) is 37.3. The third kappa shape index (κ3) is 4.08. The molecule has 2 saturated carbocycles. The number of hydrogen-bond donors (Lipinski definition) is 1. The molecule has 3 fully saturated rings. The lowest BCUT2D eigenvalue weighted by Crippen LogP contribution is -2.52. The minimum Gasteiger partial charge on any atom is -0.462 e. The lowest BCUT2D eigenvalue weighted by atomic mass is 9.79. The second-order valence-corrected chi connectivity index (χ2v) is 9.37. The van der Waals surface area contributed by atoms with Gasteiger partial charge in [-0.25, -0.2) is 0 Å². The van der Waals surface area contributed by atoms with Gasteiger partial charge in [-0.1, -0.05) is 0 Å². The number of fused-ring (bicyclic) bond motifs is 1. The number of ether oxygens (including phenoxy) is 2. The van der Waals surface area contributed by atoms with Gasteiger partial charge in [-0.15, -0.1) is 0 Å². The first-order chi connectivity index (χ1) is 14.1. The molecule has 6 unspecified atom stereocenters. The number of esters is 2. The van der Waals surface area contributed by atoms with E-state index in [0.29, 0.717) is 12.8 Å². The normalized spacial score (nSPS) is 30.8. The predicted octanol–water partition coefficient (Wildman–Crippen LogP) is 0.987. The number of hydrogen-bond acceptors (Lipinski definition) is 7. The van der Waals surface area contributed by atoms with Crippen molar-refractivity contribution in [1.29, 1.82) is 0 Å². The predicted molar refractivity (Wildman–Crippen MR) is 87.8 cm³/mol. The van der Waals surface area contributed by atoms with Crippen molar-refractivity contribution >= 4 is 28.0 Å². The fraction of sp³-hybridized carbons (Fsp3) is 0.812. The Balaban J connectivity index is 1.61. The third-order valence-corrected chi connectivity index (χ3v) is 6.89. The Morgan fingerprint density at radius 1 is 1.26 bits per heavy atom. The standard InChI is InChI=1S/C16H18F5NO8S/c1-22(12(24)10-6-4-7-8(5-6)29-13(25)11(7)10)3-2-9(23)30-14(15(17,18)19)16(20,21)31(26,27)28/h6-8,10-11,14H,2-5H2,1H3,(H,26,27,28). The van der Waals surface area contributed by atoms with E-state index in [2.05, 4.69) is 4.74 Å². The zero-order valence-corrected chi connectivity index (χ0v) is 16.7. The molecule has 176 valence electrons. The van der Waals surface area contributed by atoms with E-state index >= 15 is 0 Å². The molecule has 3 aliphatic rings. The smallest absolute Gasteiger partial charge is 0.432 e. The van der Waals surface area contributed by atoms with Crippen LogP contribution in [-0.2, 0) is 34.0 Å². The molecule has 31 heavy (non-hydrogen) atoms. The maximum absolute atomic E-state index is 13.4. The Labute approximate surface area is 172 Å². The fourth-order valence-corrected chi connectivity index (χ4v) is 5.07. The van der Waals surface area contributed by atoms with E-state index in [1.807, 2.05) is 0 Å². The van der Waals surface area contributed by atoms with Crippen molar-refractivity contribution in [2.24, 2.45) is 23.7 Å². The molecule has 0 aromatic heterocycles. The van der Waals surface area contributed by atoms with Crippen molar-refractivity contribution in [3.63, 3.8) is 0 Å². The summed E-state index contributed by atoms with van der Waals surface area (Å²) in [5.74, 6) is -4.44. The molecule has 0 aromatic carbocycles. The van der Waals surface area contributed by atoms with Crippen LogP contribution < -0.4 is 0 Å². The Bertz CT molecular complexity index is 889. The van der Waals surface area contributed by atoms with Gasteiger partial charge >= 0.3 is 33.5 Å². The minimum atomic E-state index is -6.54. The average Bonchev–Trinajstić information content (AvgIpc) is 3.23. The van der Waals surface area contributed by atoms with Gasteiger partial charge < -0.3 is 14.4 Å². The lowest BCUT2D eigenvalue weighted by Gasteiger charge is -2.29. The summed E-state index contributed by atoms with van der Waals surface area (Å²) < 4.78 is 104. The van der Waals surface area contributed by atoms with Crippen molar-refractivity contribution in [2.75, 3.05) is 13.6 Å². The van der Waals surface area contributed by atoms with Gasteiger partial charge in [0.1, 0.15) is 6.10 Å². The topological polar surface area (TPSA) is 127 Å². The molecule has 1 heterocycles. The second-order valence-electron chi connectivity index (χ2n) is 7.88. The zero-order chi connectivity index (χ0) is 23.5. The van der Waals surface area contributed by atoms with Crippen molar-refractivity contribution in [3.05, 3.63) is 0 Å². The van der Waals surface area contributed by atoms with Crippen LogP contribution in [0, 0.1) is 23.7 Å². The van der Waals surface area contributed by atoms with Gasteiger partial charge in [0.15, 0.2) is 0 Å². The summed E-state index contributed by atoms with van der Waals surface area (Å²) in [7, 11) is -5.32. The van der Waals surface area contributed by atoms with Crippen LogP contribution in [0.3, 0.4) is 0 Å². The summed E-state index contributed by atoms with van der Waals surface area (Å²) in [6, 6.07) is 0. The number of rotatable bonds is 7. The molecule has 1 aliphatic heterocycles. The SMILES string of the molecule is CN(CCC(=O)OC(C(F)(F)F)C(F)(F)S(=O)(=O)O)C(=O)C1C2CC3OC(=O)C1C3C2. The monoisotopic (exact) mass is 479 g/mol. The minimum absolute atomic E-state index is 0.0833. The number of halogens is 5. The average molecular weight is 479 g/mol. The van der Waals surface area contributed by atoms with E-state index in [4.69, 9.17) is 9.29 Å². The lowest BCUT2D eigenvalue weighted by molar-refractivity contribution is -0.259. The molecular weight excluding hydrogens is 461 g/mol. The van der Waals surface area contributed by atoms with Gasteiger partial charge in [0.2, 0.25) is 5.91 Å². The van der Waals surface area contributed by atoms with Crippen LogP contribution in [0.5, 0.6) is 0 Å². The molecule has 2 bridgehead atoms. The van der Waals surface area contributed by atoms with E-state index in [9.17, 15) is 44.8 Å². The quantitative estimate of drug-likeness (QED) is 0.325. The van der Waals surface area contributed by atoms with Gasteiger partial charge in [0.25, 0.3) is 6.10 Å². The Morgan fingerprint density at radius 2 is 1.87 bits per heavy atom. The van der Waals surface area contributed by atoms with Crippen molar-refractivity contribution in [1.82, 2.24) is 4.90 Å². The first-order valence-corrected chi connectivity index (χ1v) is 10.6. The highest BCUT2D eigenvalue weighted by molar-refractivity contribution is 7.86. The highest BCUT2D eigenvalue weighted by Crippen LogP contribution is 2.58. The van der Waals surface area contributed by atoms with Gasteiger partial charge in [-0.2, -0.15) is 30.4 Å². The van der Waals surface area contributed by atoms with Crippen molar-refractivity contribution < 1.29 is 58.8 Å². The Morgan fingerprint density at radius 3 is 2.42 bits per heavy atom. The van der Waals surface area contributed by atoms with E-state index < -0.39 is 70.3 Å². The van der Waals surface area contributed by atoms with Crippen LogP contribution in [-0.4, -0.2) is 72.9 Å². The Kier molecular flexibility index (Phi) is 5.74. The molecule has 3 rings (SSSR count). The molecule has 1 N–H and O–H groups in total. The highest BCUT2D eigenvalue weighted by Gasteiger charge is 2.66. The van der Waals surface area contributed by atoms with Gasteiger partial charge in [-0.05, 0) is 18.8 Å². The van der Waals surface area contributed by atoms with E-state index in [1.165, 1.54) is 7.05 Å². The molecule has 15 heteroatoms. The molecule has 0 aromatic rings. The molecule has 1 amide bonds. The summed E-state index contributed by atoms with van der Waals surface area (Å²) in [6.07, 6.45) is -10.5. The molecule has 6 atom stereocenters. The van der Waals surface area contributed by atoms with E-state index in [0.717, 1.165) is 4.90 Å². The zero-order valence-electron chi connectivity index (χ0n) is 15.8. The Hall–Kier alpha value is -2.03. The van der Waals surface area contributed by atoms with Crippen LogP contribution in [0.15, 0.2) is 0 Å². The highest BCUT2D eigenvalue weighted by atomic mass is 32.2. The van der Waals surface area contributed by atoms with Gasteiger partial charge in [0.05, 0.1) is 18.3 Å². The molecule has 2 aliphatic carbocycles. The van der Waals surface area contributed by atoms with Crippen LogP contribution in [0.4, 0.5) is 22.0 Å². The first-order valence-electron chi connectivity index (χ1n) is 9.12. The van der Waals surface area contributed by atoms with Crippen LogP contribution in [0.1, 0.15) is 19.3 Å². The number of carbonyl (C=O) groups is 3. The fourth-order valence-electron chi connectivity index (χ4n) is 4.62. The maximum Gasteiger partial charge on any atom is 0.432 e. The summed E-state index contributed by atoms with van der Waals surface area (Å²) in [5.41, 5.74) is 0. The number of amides is 1. The maximum atomic E-state index is 13.4. The largest absolute Gasteiger partial charge is 0.462 e. The van der Waals surface area contributed by atoms with Crippen LogP contribution >= 0.6 is 0 Å². The summed E-state index contributed by atoms with van der Waals surface area (Å²) in [5, 5.41) is -5.83. The van der Waals surface area contributed by atoms with Crippen LogP contribution in [0.2, 0.25) is 0 Å². The second kappa shape index (κ2) is 7.53. The molecular formula is C16H18F5NO8S. The molecule has 0 radical (unpaired) electrons. The number of carbonyl (C=O) groups excluding carboxylic acids is 3. The first kappa shape index (κ1) is 23.6. The number of alkyl halides is 5. The molecule has 0 spiro atoms. The van der Waals surface area contributed by atoms with Gasteiger partial charge in [-0.3, -0.25) is 18.9 Å². The summed E-state index contributed by atoms with van der Waals surface area (Å²) in [6.45, 7) is -0.529. The third-order valence-electron chi connectivity index (χ3n) is 5.99. The van der Waals surface area contributed by atoms with E-state index in [-0.39, 0.29) is 17.9 Å². The molecule has 1 saturated heterocycles. The van der Waals surface area contributed by atoms with Crippen molar-refractivity contribution in [2.45, 2.75) is 42.9 Å². The van der Waals surface area contributed by atoms with Crippen LogP contribution in [0.25, 0.3) is 0 Å². The van der Waals surface area contributed by atoms with E-state index in [1.54, 1.807) is 0 Å². The van der Waals surface area contributed by atoms with Gasteiger partial charge in [0, 0.05) is 19.5 Å². The molecule has 9 nitrogen and oxygen atoms in total. The summed E-state index contributed by atoms with van der Waals surface area (Å²) >= 11 is 0. The number of nitrogens with zero attached hydrogens (tertiary/aromatic N) is 1. The van der Waals surface area contributed by atoms with Crippen molar-refractivity contribution in [3.8, 4) is 0 Å².